The number of rotatable bonds is 5. The van der Waals surface area contributed by atoms with E-state index in [0.29, 0.717) is 0 Å². The molecule has 0 aliphatic heterocycles. The van der Waals surface area contributed by atoms with Crippen LogP contribution in [0.3, 0.4) is 0 Å². The van der Waals surface area contributed by atoms with Gasteiger partial charge in [-0.05, 0) is 12.1 Å². The largest absolute Gasteiger partial charge is 0.423 e. The molecule has 0 saturated heterocycles. The number of nitro benzene ring substituents is 1. The number of fused-ring (bicyclic) bond motifs is 1. The normalized spacial score (nSPS) is 10.8. The second-order valence-corrected chi connectivity index (χ2v) is 4.22. The van der Waals surface area contributed by atoms with E-state index in [9.17, 15) is 14.9 Å². The molecule has 0 aliphatic rings. The highest BCUT2D eigenvalue weighted by Gasteiger charge is 2.21. The molecule has 8 nitrogen and oxygen atoms in total. The summed E-state index contributed by atoms with van der Waals surface area (Å²) in [6, 6.07) is 4.38. The number of oxime groups is 1. The van der Waals surface area contributed by atoms with Crippen LogP contribution in [-0.2, 0) is 9.63 Å². The van der Waals surface area contributed by atoms with E-state index in [1.54, 1.807) is 19.1 Å². The molecule has 0 aliphatic carbocycles. The van der Waals surface area contributed by atoms with Gasteiger partial charge in [0.05, 0.1) is 16.5 Å². The Labute approximate surface area is 125 Å². The Morgan fingerprint density at radius 1 is 1.55 bits per heavy atom. The second-order valence-electron chi connectivity index (χ2n) is 4.22. The summed E-state index contributed by atoms with van der Waals surface area (Å²) >= 11 is 0. The number of benzene rings is 1. The third-order valence-electron chi connectivity index (χ3n) is 2.85. The number of aromatic nitrogens is 1. The molecule has 0 radical (unpaired) electrons. The van der Waals surface area contributed by atoms with Gasteiger partial charge in [-0.2, -0.15) is 0 Å². The van der Waals surface area contributed by atoms with E-state index in [1.807, 2.05) is 0 Å². The van der Waals surface area contributed by atoms with Crippen LogP contribution in [0.5, 0.6) is 5.75 Å². The Hall–Kier alpha value is -3.03. The summed E-state index contributed by atoms with van der Waals surface area (Å²) in [5.41, 5.74) is 0.301. The fourth-order valence-electron chi connectivity index (χ4n) is 1.87. The van der Waals surface area contributed by atoms with Crippen molar-refractivity contribution in [3.8, 4) is 5.75 Å². The minimum atomic E-state index is -0.528. The Bertz CT molecular complexity index is 757. The summed E-state index contributed by atoms with van der Waals surface area (Å²) in [5.74, 6) is -0.360. The minimum Gasteiger partial charge on any atom is -0.423 e. The lowest BCUT2D eigenvalue weighted by Crippen LogP contribution is -2.09. The smallest absolute Gasteiger partial charge is 0.310 e. The molecular formula is C14H13N3O5. The molecule has 0 atom stereocenters. The van der Waals surface area contributed by atoms with E-state index in [1.165, 1.54) is 25.6 Å². The number of carbonyl (C=O) groups is 1. The van der Waals surface area contributed by atoms with Crippen molar-refractivity contribution in [2.24, 2.45) is 5.16 Å². The van der Waals surface area contributed by atoms with Gasteiger partial charge in [0, 0.05) is 24.2 Å². The van der Waals surface area contributed by atoms with Gasteiger partial charge in [-0.1, -0.05) is 12.1 Å². The highest BCUT2D eigenvalue weighted by atomic mass is 16.6. The van der Waals surface area contributed by atoms with Crippen molar-refractivity contribution in [2.75, 3.05) is 7.11 Å². The topological polar surface area (TPSA) is 104 Å². The lowest BCUT2D eigenvalue weighted by Gasteiger charge is -2.10. The van der Waals surface area contributed by atoms with Crippen molar-refractivity contribution in [2.45, 2.75) is 13.3 Å². The molecule has 0 spiro atoms. The first-order valence-corrected chi connectivity index (χ1v) is 6.41. The van der Waals surface area contributed by atoms with E-state index in [0.717, 1.165) is 0 Å². The van der Waals surface area contributed by atoms with E-state index >= 15 is 0 Å². The maximum absolute atomic E-state index is 11.6. The van der Waals surface area contributed by atoms with Gasteiger partial charge in [-0.25, -0.2) is 0 Å². The number of nitro groups is 1. The standard InChI is InChI=1S/C14H13N3O5/c1-3-12(18)22-14-9(8-16-21-2)7-11(17(19)20)10-5-4-6-15-13(10)14/h4-8H,3H2,1-2H3/b16-8+. The zero-order valence-electron chi connectivity index (χ0n) is 12.0. The number of ether oxygens (including phenoxy) is 1. The molecule has 0 saturated carbocycles. The molecule has 0 unspecified atom stereocenters. The van der Waals surface area contributed by atoms with Crippen LogP contribution in [0.4, 0.5) is 5.69 Å². The van der Waals surface area contributed by atoms with E-state index in [-0.39, 0.29) is 34.3 Å². The molecule has 0 fully saturated rings. The summed E-state index contributed by atoms with van der Waals surface area (Å²) < 4.78 is 5.27. The molecule has 0 bridgehead atoms. The average Bonchev–Trinajstić information content (AvgIpc) is 2.53. The van der Waals surface area contributed by atoms with Crippen molar-refractivity contribution >= 4 is 28.8 Å². The number of hydrogen-bond acceptors (Lipinski definition) is 7. The van der Waals surface area contributed by atoms with Gasteiger partial charge in [-0.3, -0.25) is 19.9 Å². The highest BCUT2D eigenvalue weighted by Crippen LogP contribution is 2.34. The molecule has 0 amide bonds. The average molecular weight is 303 g/mol. The number of nitrogens with zero attached hydrogens (tertiary/aromatic N) is 3. The van der Waals surface area contributed by atoms with Crippen LogP contribution in [0.15, 0.2) is 29.6 Å². The Balaban J connectivity index is 2.77. The first-order chi connectivity index (χ1) is 10.6. The summed E-state index contributed by atoms with van der Waals surface area (Å²) in [4.78, 5) is 31.0. The molecule has 114 valence electrons. The maximum Gasteiger partial charge on any atom is 0.310 e. The molecule has 1 aromatic carbocycles. The SMILES string of the molecule is CCC(=O)Oc1c(/C=N/OC)cc([N+](=O)[O-])c2cccnc12. The lowest BCUT2D eigenvalue weighted by atomic mass is 10.1. The predicted octanol–water partition coefficient (Wildman–Crippen LogP) is 2.44. The molecule has 22 heavy (non-hydrogen) atoms. The predicted molar refractivity (Wildman–Crippen MR) is 78.9 cm³/mol. The quantitative estimate of drug-likeness (QED) is 0.276. The van der Waals surface area contributed by atoms with Crippen molar-refractivity contribution < 1.29 is 19.3 Å². The van der Waals surface area contributed by atoms with Gasteiger partial charge in [-0.15, -0.1) is 0 Å². The Kier molecular flexibility index (Phi) is 4.62. The van der Waals surface area contributed by atoms with Gasteiger partial charge in [0.15, 0.2) is 5.75 Å². The van der Waals surface area contributed by atoms with Crippen molar-refractivity contribution in [3.05, 3.63) is 40.1 Å². The van der Waals surface area contributed by atoms with Crippen LogP contribution in [0.25, 0.3) is 10.9 Å². The number of pyridine rings is 1. The number of esters is 1. The molecule has 2 aromatic rings. The number of carbonyl (C=O) groups excluding carboxylic acids is 1. The number of hydrogen-bond donors (Lipinski definition) is 0. The maximum atomic E-state index is 11.6. The molecular weight excluding hydrogens is 290 g/mol. The molecule has 0 N–H and O–H groups in total. The van der Waals surface area contributed by atoms with E-state index in [2.05, 4.69) is 15.0 Å². The highest BCUT2D eigenvalue weighted by molar-refractivity contribution is 6.01. The van der Waals surface area contributed by atoms with Gasteiger partial charge in [0.1, 0.15) is 12.6 Å². The monoisotopic (exact) mass is 303 g/mol. The zero-order valence-corrected chi connectivity index (χ0v) is 12.0. The summed E-state index contributed by atoms with van der Waals surface area (Å²) in [6.45, 7) is 1.65. The summed E-state index contributed by atoms with van der Waals surface area (Å²) in [7, 11) is 1.34. The molecule has 8 heteroatoms. The Morgan fingerprint density at radius 2 is 2.32 bits per heavy atom. The number of non-ortho nitro benzene ring substituents is 1. The fourth-order valence-corrected chi connectivity index (χ4v) is 1.87. The van der Waals surface area contributed by atoms with Crippen LogP contribution in [0, 0.1) is 10.1 Å². The Morgan fingerprint density at radius 3 is 2.95 bits per heavy atom. The first kappa shape index (κ1) is 15.4. The van der Waals surface area contributed by atoms with Gasteiger partial charge in [0.2, 0.25) is 0 Å². The van der Waals surface area contributed by atoms with Gasteiger partial charge < -0.3 is 9.57 Å². The fraction of sp³-hybridized carbons (Fsp3) is 0.214. The minimum absolute atomic E-state index is 0.119. The van der Waals surface area contributed by atoms with Crippen molar-refractivity contribution in [3.63, 3.8) is 0 Å². The van der Waals surface area contributed by atoms with Crippen molar-refractivity contribution in [1.82, 2.24) is 4.98 Å². The zero-order chi connectivity index (χ0) is 16.1. The lowest BCUT2D eigenvalue weighted by molar-refractivity contribution is -0.383. The van der Waals surface area contributed by atoms with E-state index < -0.39 is 10.9 Å². The van der Waals surface area contributed by atoms with Crippen LogP contribution in [-0.4, -0.2) is 29.2 Å². The molecule has 2 rings (SSSR count). The molecule has 1 heterocycles. The van der Waals surface area contributed by atoms with Gasteiger partial charge >= 0.3 is 5.97 Å². The van der Waals surface area contributed by atoms with Crippen LogP contribution in [0.1, 0.15) is 18.9 Å². The summed E-state index contributed by atoms with van der Waals surface area (Å²) in [5, 5.41) is 15.1. The van der Waals surface area contributed by atoms with Gasteiger partial charge in [0.25, 0.3) is 5.69 Å². The second kappa shape index (κ2) is 6.61. The van der Waals surface area contributed by atoms with Crippen LogP contribution in [0.2, 0.25) is 0 Å². The first-order valence-electron chi connectivity index (χ1n) is 6.41. The third-order valence-corrected chi connectivity index (χ3v) is 2.85. The van der Waals surface area contributed by atoms with Crippen LogP contribution < -0.4 is 4.74 Å². The molecule has 1 aromatic heterocycles. The van der Waals surface area contributed by atoms with Crippen LogP contribution >= 0.6 is 0 Å². The van der Waals surface area contributed by atoms with E-state index in [4.69, 9.17) is 4.74 Å². The third kappa shape index (κ3) is 3.00. The van der Waals surface area contributed by atoms with Crippen molar-refractivity contribution in [1.29, 1.82) is 0 Å². The summed E-state index contributed by atoms with van der Waals surface area (Å²) in [6.07, 6.45) is 2.86.